The first-order valence-corrected chi connectivity index (χ1v) is 6.42. The highest BCUT2D eigenvalue weighted by molar-refractivity contribution is 7.80. The summed E-state index contributed by atoms with van der Waals surface area (Å²) in [5.41, 5.74) is 5.75. The van der Waals surface area contributed by atoms with Crippen LogP contribution in [0.15, 0.2) is 0 Å². The molecule has 0 aliphatic carbocycles. The second kappa shape index (κ2) is 5.26. The van der Waals surface area contributed by atoms with Gasteiger partial charge in [0.2, 0.25) is 0 Å². The van der Waals surface area contributed by atoms with Crippen molar-refractivity contribution in [1.29, 1.82) is 0 Å². The number of hydrogen-bond donors (Lipinski definition) is 1. The van der Waals surface area contributed by atoms with Crippen LogP contribution in [0.3, 0.4) is 0 Å². The third kappa shape index (κ3) is 3.42. The molecule has 1 fully saturated rings. The monoisotopic (exact) mass is 228 g/mol. The molecular weight excluding hydrogens is 204 g/mol. The van der Waals surface area contributed by atoms with Crippen LogP contribution >= 0.6 is 12.2 Å². The van der Waals surface area contributed by atoms with E-state index in [1.165, 1.54) is 25.8 Å². The highest BCUT2D eigenvalue weighted by atomic mass is 32.1. The topological polar surface area (TPSA) is 29.3 Å². The predicted molar refractivity (Wildman–Crippen MR) is 70.1 cm³/mol. The molecule has 3 heteroatoms. The Morgan fingerprint density at radius 2 is 2.20 bits per heavy atom. The first kappa shape index (κ1) is 12.9. The summed E-state index contributed by atoms with van der Waals surface area (Å²) in [4.78, 5) is 3.25. The molecule has 1 saturated heterocycles. The van der Waals surface area contributed by atoms with E-state index < -0.39 is 0 Å². The van der Waals surface area contributed by atoms with Crippen molar-refractivity contribution in [2.75, 3.05) is 13.1 Å². The molecule has 0 aromatic carbocycles. The van der Waals surface area contributed by atoms with Crippen molar-refractivity contribution < 1.29 is 0 Å². The van der Waals surface area contributed by atoms with Gasteiger partial charge in [0, 0.05) is 11.5 Å². The molecule has 0 aromatic rings. The van der Waals surface area contributed by atoms with Crippen LogP contribution in [0.25, 0.3) is 0 Å². The summed E-state index contributed by atoms with van der Waals surface area (Å²) in [6.07, 6.45) is 5.07. The van der Waals surface area contributed by atoms with E-state index in [1.54, 1.807) is 0 Å². The van der Waals surface area contributed by atoms with Crippen molar-refractivity contribution in [2.45, 2.75) is 52.5 Å². The van der Waals surface area contributed by atoms with Gasteiger partial charge in [0.1, 0.15) is 0 Å². The fourth-order valence-electron chi connectivity index (χ4n) is 2.20. The van der Waals surface area contributed by atoms with Gasteiger partial charge in [-0.2, -0.15) is 0 Å². The van der Waals surface area contributed by atoms with Crippen LogP contribution in [0, 0.1) is 5.41 Å². The number of rotatable bonds is 5. The largest absolute Gasteiger partial charge is 0.393 e. The summed E-state index contributed by atoms with van der Waals surface area (Å²) < 4.78 is 0. The highest BCUT2D eigenvalue weighted by Crippen LogP contribution is 2.25. The van der Waals surface area contributed by atoms with Gasteiger partial charge in [0.05, 0.1) is 4.99 Å². The molecule has 0 amide bonds. The van der Waals surface area contributed by atoms with Crippen LogP contribution in [0.2, 0.25) is 0 Å². The summed E-state index contributed by atoms with van der Waals surface area (Å²) in [5, 5.41) is 0. The average Bonchev–Trinajstić information content (AvgIpc) is 2.61. The number of thiocarbonyl (C=S) groups is 1. The zero-order valence-electron chi connectivity index (χ0n) is 10.3. The minimum absolute atomic E-state index is 0.0101. The molecule has 0 saturated carbocycles. The third-order valence-electron chi connectivity index (χ3n) is 3.66. The maximum absolute atomic E-state index is 5.74. The van der Waals surface area contributed by atoms with E-state index in [2.05, 4.69) is 25.7 Å². The van der Waals surface area contributed by atoms with Crippen LogP contribution in [-0.2, 0) is 0 Å². The lowest BCUT2D eigenvalue weighted by molar-refractivity contribution is 0.224. The Bertz CT molecular complexity index is 226. The van der Waals surface area contributed by atoms with Crippen LogP contribution in [0.1, 0.15) is 46.5 Å². The molecule has 15 heavy (non-hydrogen) atoms. The standard InChI is InChI=1S/C12H24N2S/c1-4-10-6-5-8-14(10)9-7-12(2,3)11(13)15/h10H,4-9H2,1-3H3,(H2,13,15). The van der Waals surface area contributed by atoms with Gasteiger partial charge < -0.3 is 10.6 Å². The SMILES string of the molecule is CCC1CCCN1CCC(C)(C)C(N)=S. The van der Waals surface area contributed by atoms with E-state index in [9.17, 15) is 0 Å². The fourth-order valence-corrected chi connectivity index (χ4v) is 2.30. The summed E-state index contributed by atoms with van der Waals surface area (Å²) >= 11 is 5.09. The average molecular weight is 228 g/mol. The Labute approximate surface area is 99.2 Å². The van der Waals surface area contributed by atoms with Crippen molar-refractivity contribution in [3.05, 3.63) is 0 Å². The molecule has 2 nitrogen and oxygen atoms in total. The zero-order valence-corrected chi connectivity index (χ0v) is 11.1. The number of nitrogens with zero attached hydrogens (tertiary/aromatic N) is 1. The van der Waals surface area contributed by atoms with Crippen LogP contribution < -0.4 is 5.73 Å². The second-order valence-electron chi connectivity index (χ2n) is 5.24. The lowest BCUT2D eigenvalue weighted by Crippen LogP contribution is -2.36. The van der Waals surface area contributed by atoms with E-state index in [1.807, 2.05) is 0 Å². The van der Waals surface area contributed by atoms with Crippen LogP contribution in [0.5, 0.6) is 0 Å². The van der Waals surface area contributed by atoms with Crippen LogP contribution in [-0.4, -0.2) is 29.0 Å². The third-order valence-corrected chi connectivity index (χ3v) is 4.21. The molecule has 1 aliphatic rings. The van der Waals surface area contributed by atoms with Gasteiger partial charge in [0.25, 0.3) is 0 Å². The molecule has 0 aromatic heterocycles. The number of nitrogens with two attached hydrogens (primary N) is 1. The van der Waals surface area contributed by atoms with E-state index >= 15 is 0 Å². The van der Waals surface area contributed by atoms with Gasteiger partial charge in [0.15, 0.2) is 0 Å². The first-order valence-electron chi connectivity index (χ1n) is 6.01. The quantitative estimate of drug-likeness (QED) is 0.733. The van der Waals surface area contributed by atoms with E-state index in [0.717, 1.165) is 19.0 Å². The Hall–Kier alpha value is -0.150. The Morgan fingerprint density at radius 3 is 2.73 bits per heavy atom. The molecule has 1 heterocycles. The molecule has 2 N–H and O–H groups in total. The van der Waals surface area contributed by atoms with Crippen molar-refractivity contribution in [2.24, 2.45) is 11.1 Å². The van der Waals surface area contributed by atoms with E-state index in [4.69, 9.17) is 18.0 Å². The lowest BCUT2D eigenvalue weighted by Gasteiger charge is -2.29. The molecule has 1 rings (SSSR count). The molecule has 1 unspecified atom stereocenters. The fraction of sp³-hybridized carbons (Fsp3) is 0.917. The second-order valence-corrected chi connectivity index (χ2v) is 5.68. The minimum Gasteiger partial charge on any atom is -0.393 e. The van der Waals surface area contributed by atoms with E-state index in [0.29, 0.717) is 4.99 Å². The van der Waals surface area contributed by atoms with Gasteiger partial charge >= 0.3 is 0 Å². The van der Waals surface area contributed by atoms with Crippen molar-refractivity contribution in [3.8, 4) is 0 Å². The smallest absolute Gasteiger partial charge is 0.0784 e. The maximum Gasteiger partial charge on any atom is 0.0784 e. The van der Waals surface area contributed by atoms with Crippen molar-refractivity contribution in [1.82, 2.24) is 4.90 Å². The van der Waals surface area contributed by atoms with Gasteiger partial charge in [-0.1, -0.05) is 33.0 Å². The molecule has 0 radical (unpaired) electrons. The normalized spacial score (nSPS) is 23.3. The molecule has 1 aliphatic heterocycles. The van der Waals surface area contributed by atoms with Gasteiger partial charge in [-0.05, 0) is 38.8 Å². The van der Waals surface area contributed by atoms with Crippen molar-refractivity contribution in [3.63, 3.8) is 0 Å². The molecule has 1 atom stereocenters. The summed E-state index contributed by atoms with van der Waals surface area (Å²) in [5.74, 6) is 0. The Kier molecular flexibility index (Phi) is 4.53. The minimum atomic E-state index is 0.0101. The van der Waals surface area contributed by atoms with Gasteiger partial charge in [-0.3, -0.25) is 0 Å². The summed E-state index contributed by atoms with van der Waals surface area (Å²) in [7, 11) is 0. The summed E-state index contributed by atoms with van der Waals surface area (Å²) in [6, 6.07) is 0.798. The molecule has 0 spiro atoms. The van der Waals surface area contributed by atoms with Gasteiger partial charge in [-0.25, -0.2) is 0 Å². The Balaban J connectivity index is 2.39. The van der Waals surface area contributed by atoms with Gasteiger partial charge in [-0.15, -0.1) is 0 Å². The number of hydrogen-bond acceptors (Lipinski definition) is 2. The predicted octanol–water partition coefficient (Wildman–Crippen LogP) is 2.56. The van der Waals surface area contributed by atoms with Crippen molar-refractivity contribution >= 4 is 17.2 Å². The highest BCUT2D eigenvalue weighted by Gasteiger charge is 2.27. The molecule has 0 bridgehead atoms. The molecule has 88 valence electrons. The van der Waals surface area contributed by atoms with Crippen LogP contribution in [0.4, 0.5) is 0 Å². The molecular formula is C12H24N2S. The van der Waals surface area contributed by atoms with E-state index in [-0.39, 0.29) is 5.41 Å². The zero-order chi connectivity index (χ0) is 11.5. The Morgan fingerprint density at radius 1 is 1.53 bits per heavy atom. The maximum atomic E-state index is 5.74. The first-order chi connectivity index (χ1) is 6.97. The number of likely N-dealkylation sites (tertiary alicyclic amines) is 1. The lowest BCUT2D eigenvalue weighted by atomic mass is 9.89. The summed E-state index contributed by atoms with van der Waals surface area (Å²) in [6.45, 7) is 8.97.